The van der Waals surface area contributed by atoms with E-state index in [1.165, 1.54) is 34.9 Å². The number of aryl methyl sites for hydroxylation is 1. The van der Waals surface area contributed by atoms with Crippen molar-refractivity contribution in [3.8, 4) is 5.75 Å². The van der Waals surface area contributed by atoms with Crippen molar-refractivity contribution in [3.63, 3.8) is 0 Å². The maximum atomic E-state index is 12.9. The molecular weight excluding hydrogens is 372 g/mol. The summed E-state index contributed by atoms with van der Waals surface area (Å²) in [5, 5.41) is 4.63. The first-order valence-electron chi connectivity index (χ1n) is 8.47. The summed E-state index contributed by atoms with van der Waals surface area (Å²) in [5.41, 5.74) is 1.23. The van der Waals surface area contributed by atoms with Crippen LogP contribution in [0.1, 0.15) is 34.5 Å². The Kier molecular flexibility index (Phi) is 5.64. The number of methoxy groups -OCH3 is 1. The first-order chi connectivity index (χ1) is 12.4. The Morgan fingerprint density at radius 1 is 1.19 bits per heavy atom. The van der Waals surface area contributed by atoms with Crippen LogP contribution in [0.2, 0.25) is 0 Å². The van der Waals surface area contributed by atoms with Gasteiger partial charge in [0.2, 0.25) is 10.0 Å². The van der Waals surface area contributed by atoms with Crippen molar-refractivity contribution in [2.75, 3.05) is 25.5 Å². The van der Waals surface area contributed by atoms with Crippen molar-refractivity contribution in [2.24, 2.45) is 0 Å². The number of ether oxygens (including phenoxy) is 1. The van der Waals surface area contributed by atoms with E-state index >= 15 is 0 Å². The SMILES string of the molecule is COc1ccc(S(=O)(=O)N2CCCCC2)cc1NC(=O)c1sccc1C. The lowest BCUT2D eigenvalue weighted by molar-refractivity contribution is 0.102. The van der Waals surface area contributed by atoms with Gasteiger partial charge in [-0.1, -0.05) is 6.42 Å². The smallest absolute Gasteiger partial charge is 0.266 e. The van der Waals surface area contributed by atoms with E-state index < -0.39 is 10.0 Å². The van der Waals surface area contributed by atoms with E-state index in [2.05, 4.69) is 5.32 Å². The second kappa shape index (κ2) is 7.77. The van der Waals surface area contributed by atoms with Crippen molar-refractivity contribution in [2.45, 2.75) is 31.1 Å². The Morgan fingerprint density at radius 3 is 2.54 bits per heavy atom. The predicted molar refractivity (Wildman–Crippen MR) is 103 cm³/mol. The molecule has 0 bridgehead atoms. The Hall–Kier alpha value is -1.90. The van der Waals surface area contributed by atoms with Crippen LogP contribution in [0.15, 0.2) is 34.5 Å². The van der Waals surface area contributed by atoms with Gasteiger partial charge < -0.3 is 10.1 Å². The van der Waals surface area contributed by atoms with Gasteiger partial charge in [-0.2, -0.15) is 4.31 Å². The monoisotopic (exact) mass is 394 g/mol. The average Bonchev–Trinajstić information content (AvgIpc) is 3.08. The second-order valence-electron chi connectivity index (χ2n) is 6.21. The Balaban J connectivity index is 1.91. The number of nitrogens with one attached hydrogen (secondary N) is 1. The first-order valence-corrected chi connectivity index (χ1v) is 10.8. The Morgan fingerprint density at radius 2 is 1.92 bits per heavy atom. The highest BCUT2D eigenvalue weighted by Crippen LogP contribution is 2.31. The van der Waals surface area contributed by atoms with Crippen LogP contribution >= 0.6 is 11.3 Å². The van der Waals surface area contributed by atoms with E-state index in [0.29, 0.717) is 29.4 Å². The van der Waals surface area contributed by atoms with Gasteiger partial charge in [0.1, 0.15) is 5.75 Å². The van der Waals surface area contributed by atoms with E-state index in [0.717, 1.165) is 24.8 Å². The zero-order valence-electron chi connectivity index (χ0n) is 14.8. The lowest BCUT2D eigenvalue weighted by Crippen LogP contribution is -2.35. The van der Waals surface area contributed by atoms with E-state index in [9.17, 15) is 13.2 Å². The van der Waals surface area contributed by atoms with Gasteiger partial charge in [0.25, 0.3) is 5.91 Å². The lowest BCUT2D eigenvalue weighted by Gasteiger charge is -2.26. The molecule has 2 aromatic rings. The van der Waals surface area contributed by atoms with Gasteiger partial charge >= 0.3 is 0 Å². The number of carbonyl (C=O) groups excluding carboxylic acids is 1. The van der Waals surface area contributed by atoms with E-state index in [-0.39, 0.29) is 10.8 Å². The summed E-state index contributed by atoms with van der Waals surface area (Å²) < 4.78 is 32.6. The van der Waals surface area contributed by atoms with Gasteiger partial charge in [0, 0.05) is 13.1 Å². The fourth-order valence-electron chi connectivity index (χ4n) is 2.98. The molecule has 140 valence electrons. The van der Waals surface area contributed by atoms with E-state index in [4.69, 9.17) is 4.74 Å². The van der Waals surface area contributed by atoms with Gasteiger partial charge in [-0.15, -0.1) is 11.3 Å². The van der Waals surface area contributed by atoms with Crippen LogP contribution in [-0.2, 0) is 10.0 Å². The number of amides is 1. The molecule has 0 atom stereocenters. The third kappa shape index (κ3) is 3.77. The summed E-state index contributed by atoms with van der Waals surface area (Å²) in [6, 6.07) is 6.44. The molecule has 6 nitrogen and oxygen atoms in total. The highest BCUT2D eigenvalue weighted by Gasteiger charge is 2.27. The van der Waals surface area contributed by atoms with Crippen LogP contribution in [0.3, 0.4) is 0 Å². The van der Waals surface area contributed by atoms with Gasteiger partial charge in [-0.25, -0.2) is 8.42 Å². The molecule has 1 aromatic heterocycles. The molecule has 8 heteroatoms. The van der Waals surface area contributed by atoms with Crippen LogP contribution in [0.4, 0.5) is 5.69 Å². The van der Waals surface area contributed by atoms with Crippen molar-refractivity contribution in [1.29, 1.82) is 0 Å². The molecular formula is C18H22N2O4S2. The number of benzene rings is 1. The molecule has 1 aliphatic rings. The molecule has 26 heavy (non-hydrogen) atoms. The number of sulfonamides is 1. The maximum absolute atomic E-state index is 12.9. The quantitative estimate of drug-likeness (QED) is 0.842. The normalized spacial score (nSPS) is 15.6. The van der Waals surface area contributed by atoms with Crippen molar-refractivity contribution in [1.82, 2.24) is 4.31 Å². The molecule has 2 heterocycles. The molecule has 0 spiro atoms. The van der Waals surface area contributed by atoms with Gasteiger partial charge in [0.15, 0.2) is 0 Å². The predicted octanol–water partition coefficient (Wildman–Crippen LogP) is 3.49. The van der Waals surface area contributed by atoms with Gasteiger partial charge in [0.05, 0.1) is 22.6 Å². The fraction of sp³-hybridized carbons (Fsp3) is 0.389. The number of carbonyl (C=O) groups is 1. The molecule has 0 unspecified atom stereocenters. The average molecular weight is 395 g/mol. The lowest BCUT2D eigenvalue weighted by atomic mass is 10.2. The zero-order valence-corrected chi connectivity index (χ0v) is 16.5. The number of hydrogen-bond donors (Lipinski definition) is 1. The number of thiophene rings is 1. The summed E-state index contributed by atoms with van der Waals surface area (Å²) in [4.78, 5) is 13.3. The third-order valence-electron chi connectivity index (χ3n) is 4.44. The minimum Gasteiger partial charge on any atom is -0.495 e. The number of piperidine rings is 1. The van der Waals surface area contributed by atoms with E-state index in [1.807, 2.05) is 18.4 Å². The fourth-order valence-corrected chi connectivity index (χ4v) is 5.35. The Labute approximate surface area is 157 Å². The van der Waals surface area contributed by atoms with Gasteiger partial charge in [-0.05, 0) is 55.0 Å². The molecule has 0 aliphatic carbocycles. The van der Waals surface area contributed by atoms with Crippen molar-refractivity contribution >= 4 is 33.0 Å². The largest absolute Gasteiger partial charge is 0.495 e. The minimum atomic E-state index is -3.58. The number of rotatable bonds is 5. The van der Waals surface area contributed by atoms with Crippen LogP contribution in [0, 0.1) is 6.92 Å². The molecule has 1 aliphatic heterocycles. The molecule has 1 fully saturated rings. The van der Waals surface area contributed by atoms with Crippen LogP contribution in [0.5, 0.6) is 5.75 Å². The van der Waals surface area contributed by atoms with Gasteiger partial charge in [-0.3, -0.25) is 4.79 Å². The summed E-state index contributed by atoms with van der Waals surface area (Å²) in [6.07, 6.45) is 2.80. The summed E-state index contributed by atoms with van der Waals surface area (Å²) >= 11 is 1.34. The molecule has 1 aromatic carbocycles. The first kappa shape index (κ1) is 18.9. The summed E-state index contributed by atoms with van der Waals surface area (Å²) in [5.74, 6) is 0.147. The van der Waals surface area contributed by atoms with Crippen molar-refractivity contribution in [3.05, 3.63) is 40.1 Å². The van der Waals surface area contributed by atoms with E-state index in [1.54, 1.807) is 6.07 Å². The zero-order chi connectivity index (χ0) is 18.7. The number of hydrogen-bond acceptors (Lipinski definition) is 5. The molecule has 3 rings (SSSR count). The molecule has 1 saturated heterocycles. The molecule has 1 N–H and O–H groups in total. The summed E-state index contributed by atoms with van der Waals surface area (Å²) in [6.45, 7) is 2.93. The highest BCUT2D eigenvalue weighted by molar-refractivity contribution is 7.89. The minimum absolute atomic E-state index is 0.165. The molecule has 1 amide bonds. The van der Waals surface area contributed by atoms with Crippen LogP contribution in [-0.4, -0.2) is 38.8 Å². The van der Waals surface area contributed by atoms with Crippen LogP contribution in [0.25, 0.3) is 0 Å². The highest BCUT2D eigenvalue weighted by atomic mass is 32.2. The van der Waals surface area contributed by atoms with Crippen molar-refractivity contribution < 1.29 is 17.9 Å². The molecule has 0 saturated carbocycles. The third-order valence-corrected chi connectivity index (χ3v) is 7.35. The summed E-state index contributed by atoms with van der Waals surface area (Å²) in [7, 11) is -2.09. The standard InChI is InChI=1S/C18H22N2O4S2/c1-13-8-11-25-17(13)18(21)19-15-12-14(6-7-16(15)24-2)26(22,23)20-9-4-3-5-10-20/h6-8,11-12H,3-5,9-10H2,1-2H3,(H,19,21). The number of anilines is 1. The maximum Gasteiger partial charge on any atom is 0.266 e. The van der Waals surface area contributed by atoms with Crippen LogP contribution < -0.4 is 10.1 Å². The number of nitrogens with zero attached hydrogens (tertiary/aromatic N) is 1. The Bertz CT molecular complexity index is 900. The topological polar surface area (TPSA) is 75.7 Å². The molecule has 0 radical (unpaired) electrons. The second-order valence-corrected chi connectivity index (χ2v) is 9.07.